The third-order valence-electron chi connectivity index (χ3n) is 3.66. The Morgan fingerprint density at radius 1 is 1.31 bits per heavy atom. The quantitative estimate of drug-likeness (QED) is 0.487. The van der Waals surface area contributed by atoms with Crippen molar-refractivity contribution >= 4 is 33.6 Å². The summed E-state index contributed by atoms with van der Waals surface area (Å²) in [6.45, 7) is 11.6. The number of thioether (sulfide) groups is 1. The van der Waals surface area contributed by atoms with Crippen LogP contribution in [-0.4, -0.2) is 33.0 Å². The standard InChI is InChI=1S/C19H25BrN4OS/c1-5-12-24-17(14-6-8-15(20)9-7-14)22-23-18(24)26-13-16(25)21-11-10-19(2,3)4/h5-9H,1,10-13H2,2-4H3,(H,21,25). The Kier molecular flexibility index (Phi) is 7.46. The van der Waals surface area contributed by atoms with Gasteiger partial charge in [0.2, 0.25) is 5.91 Å². The molecular weight excluding hydrogens is 412 g/mol. The second kappa shape index (κ2) is 9.37. The first-order chi connectivity index (χ1) is 12.3. The van der Waals surface area contributed by atoms with Crippen LogP contribution in [0.25, 0.3) is 11.4 Å². The first-order valence-electron chi connectivity index (χ1n) is 8.50. The summed E-state index contributed by atoms with van der Waals surface area (Å²) in [6, 6.07) is 7.91. The van der Waals surface area contributed by atoms with Gasteiger partial charge in [-0.3, -0.25) is 9.36 Å². The lowest BCUT2D eigenvalue weighted by Crippen LogP contribution is -2.28. The molecule has 1 N–H and O–H groups in total. The second-order valence-corrected chi connectivity index (χ2v) is 9.02. The molecule has 5 nitrogen and oxygen atoms in total. The summed E-state index contributed by atoms with van der Waals surface area (Å²) in [4.78, 5) is 12.1. The Morgan fingerprint density at radius 3 is 2.62 bits per heavy atom. The monoisotopic (exact) mass is 436 g/mol. The number of carbonyl (C=O) groups is 1. The lowest BCUT2D eigenvalue weighted by Gasteiger charge is -2.17. The largest absolute Gasteiger partial charge is 0.355 e. The zero-order valence-electron chi connectivity index (χ0n) is 15.5. The molecule has 0 bridgehead atoms. The van der Waals surface area contributed by atoms with Gasteiger partial charge in [0, 0.05) is 23.1 Å². The van der Waals surface area contributed by atoms with Gasteiger partial charge in [0.25, 0.3) is 0 Å². The van der Waals surface area contributed by atoms with Crippen LogP contribution in [0, 0.1) is 5.41 Å². The highest BCUT2D eigenvalue weighted by Gasteiger charge is 2.15. The summed E-state index contributed by atoms with van der Waals surface area (Å²) in [6.07, 6.45) is 2.75. The number of carbonyl (C=O) groups excluding carboxylic acids is 1. The minimum atomic E-state index is 0.0117. The molecule has 1 amide bonds. The van der Waals surface area contributed by atoms with Crippen molar-refractivity contribution in [3.8, 4) is 11.4 Å². The van der Waals surface area contributed by atoms with E-state index in [4.69, 9.17) is 0 Å². The van der Waals surface area contributed by atoms with E-state index >= 15 is 0 Å². The van der Waals surface area contributed by atoms with Gasteiger partial charge in [0.15, 0.2) is 11.0 Å². The molecule has 26 heavy (non-hydrogen) atoms. The van der Waals surface area contributed by atoms with E-state index in [1.54, 1.807) is 6.08 Å². The van der Waals surface area contributed by atoms with Gasteiger partial charge in [-0.05, 0) is 24.0 Å². The van der Waals surface area contributed by atoms with E-state index in [2.05, 4.69) is 58.8 Å². The van der Waals surface area contributed by atoms with E-state index in [1.165, 1.54) is 11.8 Å². The lowest BCUT2D eigenvalue weighted by molar-refractivity contribution is -0.118. The van der Waals surface area contributed by atoms with Crippen LogP contribution in [0.15, 0.2) is 46.5 Å². The maximum atomic E-state index is 12.1. The van der Waals surface area contributed by atoms with E-state index in [9.17, 15) is 4.79 Å². The summed E-state index contributed by atoms with van der Waals surface area (Å²) in [7, 11) is 0. The molecule has 0 aliphatic heterocycles. The Bertz CT molecular complexity index is 750. The molecule has 0 fully saturated rings. The normalized spacial score (nSPS) is 11.4. The molecular formula is C19H25BrN4OS. The highest BCUT2D eigenvalue weighted by atomic mass is 79.9. The minimum Gasteiger partial charge on any atom is -0.355 e. The number of aromatic nitrogens is 3. The minimum absolute atomic E-state index is 0.0117. The summed E-state index contributed by atoms with van der Waals surface area (Å²) in [5.74, 6) is 1.10. The van der Waals surface area contributed by atoms with Crippen molar-refractivity contribution in [3.63, 3.8) is 0 Å². The highest BCUT2D eigenvalue weighted by molar-refractivity contribution is 9.10. The van der Waals surface area contributed by atoms with Crippen molar-refractivity contribution in [2.75, 3.05) is 12.3 Å². The molecule has 1 heterocycles. The molecule has 1 aromatic heterocycles. The van der Waals surface area contributed by atoms with Gasteiger partial charge in [-0.1, -0.05) is 66.7 Å². The summed E-state index contributed by atoms with van der Waals surface area (Å²) < 4.78 is 2.99. The number of amides is 1. The number of benzene rings is 1. The van der Waals surface area contributed by atoms with Crippen LogP contribution in [-0.2, 0) is 11.3 Å². The fraction of sp³-hybridized carbons (Fsp3) is 0.421. The Balaban J connectivity index is 2.02. The average molecular weight is 437 g/mol. The first kappa shape index (κ1) is 20.7. The van der Waals surface area contributed by atoms with Crippen LogP contribution in [0.1, 0.15) is 27.2 Å². The number of allylic oxidation sites excluding steroid dienone is 1. The lowest BCUT2D eigenvalue weighted by atomic mass is 9.92. The molecule has 0 atom stereocenters. The van der Waals surface area contributed by atoms with Gasteiger partial charge in [-0.15, -0.1) is 16.8 Å². The fourth-order valence-electron chi connectivity index (χ4n) is 2.26. The number of nitrogens with one attached hydrogen (secondary N) is 1. The van der Waals surface area contributed by atoms with E-state index < -0.39 is 0 Å². The van der Waals surface area contributed by atoms with Crippen molar-refractivity contribution in [2.24, 2.45) is 5.41 Å². The molecule has 0 aliphatic carbocycles. The smallest absolute Gasteiger partial charge is 0.230 e. The third-order valence-corrected chi connectivity index (χ3v) is 5.16. The molecule has 0 saturated heterocycles. The molecule has 0 radical (unpaired) electrons. The third kappa shape index (κ3) is 6.29. The molecule has 0 aliphatic rings. The molecule has 2 rings (SSSR count). The molecule has 0 saturated carbocycles. The first-order valence-corrected chi connectivity index (χ1v) is 10.3. The molecule has 0 spiro atoms. The van der Waals surface area contributed by atoms with Crippen molar-refractivity contribution in [1.29, 1.82) is 0 Å². The number of nitrogens with zero attached hydrogens (tertiary/aromatic N) is 3. The summed E-state index contributed by atoms with van der Waals surface area (Å²) >= 11 is 4.83. The maximum Gasteiger partial charge on any atom is 0.230 e. The van der Waals surface area contributed by atoms with E-state index in [-0.39, 0.29) is 11.3 Å². The van der Waals surface area contributed by atoms with Gasteiger partial charge >= 0.3 is 0 Å². The molecule has 7 heteroatoms. The molecule has 2 aromatic rings. The predicted octanol–water partition coefficient (Wildman–Crippen LogP) is 4.54. The van der Waals surface area contributed by atoms with E-state index in [1.807, 2.05) is 28.8 Å². The zero-order valence-corrected chi connectivity index (χ0v) is 17.9. The number of hydrogen-bond acceptors (Lipinski definition) is 4. The van der Waals surface area contributed by atoms with Crippen LogP contribution in [0.4, 0.5) is 0 Å². The van der Waals surface area contributed by atoms with E-state index in [0.29, 0.717) is 24.0 Å². The predicted molar refractivity (Wildman–Crippen MR) is 111 cm³/mol. The topological polar surface area (TPSA) is 59.8 Å². The second-order valence-electron chi connectivity index (χ2n) is 7.16. The van der Waals surface area contributed by atoms with Gasteiger partial charge in [-0.25, -0.2) is 0 Å². The molecule has 1 aromatic carbocycles. The Hall–Kier alpha value is -1.60. The number of rotatable bonds is 8. The van der Waals surface area contributed by atoms with E-state index in [0.717, 1.165) is 22.3 Å². The van der Waals surface area contributed by atoms with Crippen molar-refractivity contribution in [3.05, 3.63) is 41.4 Å². The zero-order chi connectivity index (χ0) is 19.2. The number of halogens is 1. The SMILES string of the molecule is C=CCn1c(SCC(=O)NCCC(C)(C)C)nnc1-c1ccc(Br)cc1. The van der Waals surface area contributed by atoms with Crippen LogP contribution in [0.5, 0.6) is 0 Å². The Morgan fingerprint density at radius 2 is 2.00 bits per heavy atom. The summed E-state index contributed by atoms with van der Waals surface area (Å²) in [5, 5.41) is 12.2. The molecule has 140 valence electrons. The van der Waals surface area contributed by atoms with Crippen molar-refractivity contribution in [1.82, 2.24) is 20.1 Å². The van der Waals surface area contributed by atoms with Gasteiger partial charge in [0.05, 0.1) is 5.75 Å². The average Bonchev–Trinajstić information content (AvgIpc) is 2.96. The van der Waals surface area contributed by atoms with Crippen molar-refractivity contribution in [2.45, 2.75) is 38.9 Å². The summed E-state index contributed by atoms with van der Waals surface area (Å²) in [5.41, 5.74) is 1.19. The van der Waals surface area contributed by atoms with Gasteiger partial charge < -0.3 is 5.32 Å². The van der Waals surface area contributed by atoms with Gasteiger partial charge in [-0.2, -0.15) is 0 Å². The Labute approximate surface area is 167 Å². The van der Waals surface area contributed by atoms with Crippen LogP contribution >= 0.6 is 27.7 Å². The molecule has 0 unspecified atom stereocenters. The fourth-order valence-corrected chi connectivity index (χ4v) is 3.30. The van der Waals surface area contributed by atoms with Gasteiger partial charge in [0.1, 0.15) is 0 Å². The highest BCUT2D eigenvalue weighted by Crippen LogP contribution is 2.25. The van der Waals surface area contributed by atoms with Crippen LogP contribution in [0.3, 0.4) is 0 Å². The van der Waals surface area contributed by atoms with Crippen LogP contribution in [0.2, 0.25) is 0 Å². The number of hydrogen-bond donors (Lipinski definition) is 1. The van der Waals surface area contributed by atoms with Crippen molar-refractivity contribution < 1.29 is 4.79 Å². The van der Waals surface area contributed by atoms with Crippen LogP contribution < -0.4 is 5.32 Å². The maximum absolute atomic E-state index is 12.1.